The summed E-state index contributed by atoms with van der Waals surface area (Å²) in [6.45, 7) is 6.52. The maximum absolute atomic E-state index is 3.83. The number of thiophene rings is 1. The monoisotopic (exact) mass is 386 g/mol. The Balaban J connectivity index is 2.23. The summed E-state index contributed by atoms with van der Waals surface area (Å²) in [5.41, 5.74) is 5.53. The van der Waals surface area contributed by atoms with Crippen LogP contribution in [0.15, 0.2) is 28.1 Å². The van der Waals surface area contributed by atoms with Crippen molar-refractivity contribution in [2.75, 3.05) is 0 Å². The molecule has 2 aromatic rings. The number of halogens is 2. The van der Waals surface area contributed by atoms with Gasteiger partial charge in [0.25, 0.3) is 0 Å². The van der Waals surface area contributed by atoms with Gasteiger partial charge in [-0.15, -0.1) is 11.3 Å². The average molecular weight is 388 g/mol. The van der Waals surface area contributed by atoms with E-state index in [1.807, 2.05) is 0 Å². The maximum atomic E-state index is 3.83. The lowest BCUT2D eigenvalue weighted by molar-refractivity contribution is 0.934. The first-order valence-corrected chi connectivity index (χ1v) is 8.46. The van der Waals surface area contributed by atoms with Crippen molar-refractivity contribution in [2.45, 2.75) is 32.0 Å². The fourth-order valence-corrected chi connectivity index (χ4v) is 4.84. The van der Waals surface area contributed by atoms with Crippen LogP contribution in [0.2, 0.25) is 0 Å². The summed E-state index contributed by atoms with van der Waals surface area (Å²) in [7, 11) is 0. The molecule has 0 nitrogen and oxygen atoms in total. The van der Waals surface area contributed by atoms with E-state index in [-0.39, 0.29) is 0 Å². The van der Waals surface area contributed by atoms with Crippen LogP contribution >= 0.6 is 43.2 Å². The molecule has 0 aliphatic rings. The van der Waals surface area contributed by atoms with Gasteiger partial charge in [0.05, 0.1) is 3.79 Å². The lowest BCUT2D eigenvalue weighted by Crippen LogP contribution is -1.98. The smallest absolute Gasteiger partial charge is 0.0704 e. The molecule has 2 rings (SSSR count). The zero-order valence-electron chi connectivity index (χ0n) is 10.8. The highest BCUT2D eigenvalue weighted by Gasteiger charge is 2.15. The Morgan fingerprint density at radius 3 is 2.50 bits per heavy atom. The molecule has 0 bridgehead atoms. The van der Waals surface area contributed by atoms with Crippen molar-refractivity contribution in [3.8, 4) is 0 Å². The Morgan fingerprint density at radius 1 is 1.17 bits per heavy atom. The van der Waals surface area contributed by atoms with Crippen LogP contribution < -0.4 is 0 Å². The van der Waals surface area contributed by atoms with Crippen LogP contribution in [0.3, 0.4) is 0 Å². The first kappa shape index (κ1) is 14.3. The lowest BCUT2D eigenvalue weighted by Gasteiger charge is -2.12. The van der Waals surface area contributed by atoms with Crippen LogP contribution in [0.1, 0.15) is 32.0 Å². The normalized spacial score (nSPS) is 12.7. The zero-order chi connectivity index (χ0) is 13.3. The zero-order valence-corrected chi connectivity index (χ0v) is 14.7. The summed E-state index contributed by atoms with van der Waals surface area (Å²) in [5, 5.41) is 0. The minimum Gasteiger partial charge on any atom is -0.133 e. The Labute approximate surface area is 130 Å². The van der Waals surface area contributed by atoms with Gasteiger partial charge in [0.1, 0.15) is 0 Å². The third kappa shape index (κ3) is 3.25. The van der Waals surface area contributed by atoms with Gasteiger partial charge in [0.15, 0.2) is 0 Å². The first-order chi connectivity index (χ1) is 8.47. The summed E-state index contributed by atoms with van der Waals surface area (Å²) in [4.78, 5) is 1.77. The van der Waals surface area contributed by atoms with Gasteiger partial charge in [0.2, 0.25) is 0 Å². The van der Waals surface area contributed by atoms with Gasteiger partial charge in [-0.2, -0.15) is 0 Å². The van der Waals surface area contributed by atoms with Gasteiger partial charge in [-0.1, -0.05) is 39.7 Å². The molecule has 0 saturated carbocycles. The molecule has 0 aliphatic carbocycles. The number of benzene rings is 1. The maximum Gasteiger partial charge on any atom is 0.0704 e. The molecule has 1 aromatic heterocycles. The van der Waals surface area contributed by atoms with E-state index in [1.165, 1.54) is 30.9 Å². The van der Waals surface area contributed by atoms with E-state index >= 15 is 0 Å². The van der Waals surface area contributed by atoms with Gasteiger partial charge in [-0.3, -0.25) is 0 Å². The molecule has 1 heterocycles. The van der Waals surface area contributed by atoms with Gasteiger partial charge in [-0.05, 0) is 65.9 Å². The van der Waals surface area contributed by atoms with Gasteiger partial charge in [-0.25, -0.2) is 0 Å². The van der Waals surface area contributed by atoms with Crippen molar-refractivity contribution in [2.24, 2.45) is 0 Å². The van der Waals surface area contributed by atoms with E-state index < -0.39 is 0 Å². The van der Waals surface area contributed by atoms with E-state index in [4.69, 9.17) is 0 Å². The topological polar surface area (TPSA) is 0 Å². The average Bonchev–Trinajstić information content (AvgIpc) is 2.63. The largest absolute Gasteiger partial charge is 0.133 e. The fraction of sp³-hybridized carbons (Fsp3) is 0.333. The summed E-state index contributed by atoms with van der Waals surface area (Å²) in [5.74, 6) is 0. The molecule has 1 unspecified atom stereocenters. The van der Waals surface area contributed by atoms with Crippen molar-refractivity contribution in [3.63, 3.8) is 0 Å². The van der Waals surface area contributed by atoms with Gasteiger partial charge in [0, 0.05) is 9.70 Å². The van der Waals surface area contributed by atoms with Gasteiger partial charge < -0.3 is 0 Å². The van der Waals surface area contributed by atoms with E-state index in [2.05, 4.69) is 76.9 Å². The predicted molar refractivity (Wildman–Crippen MR) is 88.0 cm³/mol. The highest BCUT2D eigenvalue weighted by molar-refractivity contribution is 9.11. The van der Waals surface area contributed by atoms with Gasteiger partial charge >= 0.3 is 0 Å². The van der Waals surface area contributed by atoms with E-state index in [1.54, 1.807) is 11.3 Å². The minimum absolute atomic E-state index is 0.389. The molecule has 0 fully saturated rings. The molecule has 0 aliphatic heterocycles. The molecule has 96 valence electrons. The number of hydrogen-bond donors (Lipinski definition) is 0. The number of hydrogen-bond acceptors (Lipinski definition) is 1. The number of alkyl halides is 1. The molecular formula is C15H16Br2S. The summed E-state index contributed by atoms with van der Waals surface area (Å²) in [6, 6.07) is 8.90. The van der Waals surface area contributed by atoms with E-state index in [9.17, 15) is 0 Å². The standard InChI is InChI=1S/C15H16Br2S/c1-9-4-5-10(2)12(6-9)7-14(16)13-8-15(17)18-11(13)3/h4-6,8,14H,7H2,1-3H3. The third-order valence-electron chi connectivity index (χ3n) is 3.17. The lowest BCUT2D eigenvalue weighted by atomic mass is 9.99. The predicted octanol–water partition coefficient (Wildman–Crippen LogP) is 6.11. The van der Waals surface area contributed by atoms with Crippen LogP contribution in [0.4, 0.5) is 0 Å². The number of rotatable bonds is 3. The molecule has 18 heavy (non-hydrogen) atoms. The van der Waals surface area contributed by atoms with Crippen LogP contribution in [-0.2, 0) is 6.42 Å². The highest BCUT2D eigenvalue weighted by atomic mass is 79.9. The summed E-state index contributed by atoms with van der Waals surface area (Å²) >= 11 is 9.19. The second kappa shape index (κ2) is 5.89. The highest BCUT2D eigenvalue weighted by Crippen LogP contribution is 2.36. The Kier molecular flexibility index (Phi) is 4.68. The molecule has 1 aromatic carbocycles. The first-order valence-electron chi connectivity index (χ1n) is 5.93. The molecule has 3 heteroatoms. The molecule has 1 atom stereocenters. The third-order valence-corrected chi connectivity index (χ3v) is 5.55. The van der Waals surface area contributed by atoms with Crippen molar-refractivity contribution < 1.29 is 0 Å². The van der Waals surface area contributed by atoms with Crippen LogP contribution in [0.25, 0.3) is 0 Å². The second-order valence-corrected chi connectivity index (χ2v) is 8.40. The van der Waals surface area contributed by atoms with E-state index in [0.717, 1.165) is 6.42 Å². The van der Waals surface area contributed by atoms with Crippen LogP contribution in [0, 0.1) is 20.8 Å². The Bertz CT molecular complexity index is 558. The Morgan fingerprint density at radius 2 is 1.89 bits per heavy atom. The van der Waals surface area contributed by atoms with Crippen molar-refractivity contribution in [1.82, 2.24) is 0 Å². The molecular weight excluding hydrogens is 372 g/mol. The molecule has 0 saturated heterocycles. The minimum atomic E-state index is 0.389. The molecule has 0 N–H and O–H groups in total. The summed E-state index contributed by atoms with van der Waals surface area (Å²) < 4.78 is 1.21. The fourth-order valence-electron chi connectivity index (χ4n) is 2.09. The Hall–Kier alpha value is -0.120. The summed E-state index contributed by atoms with van der Waals surface area (Å²) in [6.07, 6.45) is 1.04. The van der Waals surface area contributed by atoms with E-state index in [0.29, 0.717) is 4.83 Å². The molecule has 0 spiro atoms. The second-order valence-electron chi connectivity index (χ2n) is 4.66. The van der Waals surface area contributed by atoms with Crippen LogP contribution in [0.5, 0.6) is 0 Å². The molecule has 0 radical (unpaired) electrons. The van der Waals surface area contributed by atoms with Crippen molar-refractivity contribution >= 4 is 43.2 Å². The SMILES string of the molecule is Cc1ccc(C)c(CC(Br)c2cc(Br)sc2C)c1. The van der Waals surface area contributed by atoms with Crippen molar-refractivity contribution in [3.05, 3.63) is 55.2 Å². The van der Waals surface area contributed by atoms with Crippen LogP contribution in [-0.4, -0.2) is 0 Å². The van der Waals surface area contributed by atoms with Crippen molar-refractivity contribution in [1.29, 1.82) is 0 Å². The quantitative estimate of drug-likeness (QED) is 0.557. The number of aryl methyl sites for hydroxylation is 3. The molecule has 0 amide bonds.